The van der Waals surface area contributed by atoms with E-state index in [4.69, 9.17) is 10.5 Å². The van der Waals surface area contributed by atoms with E-state index in [1.807, 2.05) is 12.1 Å². The molecule has 2 aliphatic rings. The predicted octanol–water partition coefficient (Wildman–Crippen LogP) is 1.98. The number of nitrogens with one attached hydrogen (secondary N) is 1. The standard InChI is InChI=1S/C21H32FN5O2.HI/c1-24-21(27-8-2-3-16(15-27)13-20(23)28)25-14-19(26-9-11-29-12-10-26)17-4-6-18(22)7-5-17;/h4-7,16,19H,2-3,8-15H2,1H3,(H2,23,28)(H,24,25);1H. The molecular weight excluding hydrogens is 500 g/mol. The summed E-state index contributed by atoms with van der Waals surface area (Å²) >= 11 is 0. The summed E-state index contributed by atoms with van der Waals surface area (Å²) in [5, 5.41) is 3.51. The molecule has 0 aromatic heterocycles. The third-order valence-corrected chi connectivity index (χ3v) is 5.71. The minimum absolute atomic E-state index is 0. The maximum atomic E-state index is 13.4. The summed E-state index contributed by atoms with van der Waals surface area (Å²) in [6, 6.07) is 6.82. The maximum Gasteiger partial charge on any atom is 0.217 e. The third kappa shape index (κ3) is 7.05. The molecule has 0 saturated carbocycles. The number of carbonyl (C=O) groups is 1. The van der Waals surface area contributed by atoms with Gasteiger partial charge >= 0.3 is 0 Å². The number of aliphatic imine (C=N–C) groups is 1. The highest BCUT2D eigenvalue weighted by molar-refractivity contribution is 14.0. The number of hydrogen-bond acceptors (Lipinski definition) is 4. The van der Waals surface area contributed by atoms with Crippen LogP contribution in [-0.4, -0.2) is 74.7 Å². The Kier molecular flexibility index (Phi) is 10.3. The number of piperidine rings is 1. The zero-order valence-electron chi connectivity index (χ0n) is 17.6. The van der Waals surface area contributed by atoms with Gasteiger partial charge in [0.05, 0.1) is 19.3 Å². The minimum atomic E-state index is -0.247. The van der Waals surface area contributed by atoms with Crippen molar-refractivity contribution in [1.29, 1.82) is 0 Å². The van der Waals surface area contributed by atoms with E-state index in [9.17, 15) is 9.18 Å². The van der Waals surface area contributed by atoms with Gasteiger partial charge in [-0.05, 0) is 36.5 Å². The number of nitrogens with two attached hydrogens (primary N) is 1. The van der Waals surface area contributed by atoms with E-state index in [-0.39, 0.29) is 47.7 Å². The van der Waals surface area contributed by atoms with Gasteiger partial charge in [-0.25, -0.2) is 4.39 Å². The number of hydrogen-bond donors (Lipinski definition) is 2. The lowest BCUT2D eigenvalue weighted by Crippen LogP contribution is -2.50. The summed E-state index contributed by atoms with van der Waals surface area (Å²) in [6.45, 7) is 5.44. The topological polar surface area (TPSA) is 83.2 Å². The Morgan fingerprint density at radius 1 is 1.30 bits per heavy atom. The van der Waals surface area contributed by atoms with Gasteiger partial charge in [-0.15, -0.1) is 24.0 Å². The van der Waals surface area contributed by atoms with Crippen LogP contribution in [0.3, 0.4) is 0 Å². The predicted molar refractivity (Wildman–Crippen MR) is 126 cm³/mol. The number of rotatable bonds is 6. The molecule has 2 unspecified atom stereocenters. The van der Waals surface area contributed by atoms with Crippen molar-refractivity contribution in [3.8, 4) is 0 Å². The number of guanidine groups is 1. The molecule has 2 fully saturated rings. The molecule has 168 valence electrons. The normalized spacial score (nSPS) is 21.6. The van der Waals surface area contributed by atoms with Crippen LogP contribution < -0.4 is 11.1 Å². The van der Waals surface area contributed by atoms with Gasteiger partial charge in [0.2, 0.25) is 5.91 Å². The van der Waals surface area contributed by atoms with Gasteiger partial charge in [0, 0.05) is 46.2 Å². The highest BCUT2D eigenvalue weighted by Gasteiger charge is 2.26. The molecule has 0 radical (unpaired) electrons. The van der Waals surface area contributed by atoms with Gasteiger partial charge in [-0.2, -0.15) is 0 Å². The minimum Gasteiger partial charge on any atom is -0.379 e. The molecule has 2 atom stereocenters. The Labute approximate surface area is 195 Å². The fourth-order valence-corrected chi connectivity index (χ4v) is 4.26. The van der Waals surface area contributed by atoms with E-state index in [1.54, 1.807) is 7.05 Å². The van der Waals surface area contributed by atoms with E-state index < -0.39 is 0 Å². The molecule has 2 saturated heterocycles. The zero-order chi connectivity index (χ0) is 20.6. The summed E-state index contributed by atoms with van der Waals surface area (Å²) in [5.41, 5.74) is 6.46. The van der Waals surface area contributed by atoms with Crippen molar-refractivity contribution < 1.29 is 13.9 Å². The van der Waals surface area contributed by atoms with E-state index in [2.05, 4.69) is 20.1 Å². The SMILES string of the molecule is CN=C(NCC(c1ccc(F)cc1)N1CCOCC1)N1CCCC(CC(N)=O)C1.I. The van der Waals surface area contributed by atoms with Crippen LogP contribution in [-0.2, 0) is 9.53 Å². The Morgan fingerprint density at radius 2 is 2.00 bits per heavy atom. The zero-order valence-corrected chi connectivity index (χ0v) is 19.9. The van der Waals surface area contributed by atoms with Crippen molar-refractivity contribution in [2.24, 2.45) is 16.6 Å². The van der Waals surface area contributed by atoms with Crippen molar-refractivity contribution >= 4 is 35.8 Å². The van der Waals surface area contributed by atoms with Gasteiger partial charge < -0.3 is 20.7 Å². The lowest BCUT2D eigenvalue weighted by molar-refractivity contribution is -0.119. The molecule has 9 heteroatoms. The second kappa shape index (κ2) is 12.4. The molecular formula is C21H33FIN5O2. The highest BCUT2D eigenvalue weighted by atomic mass is 127. The number of likely N-dealkylation sites (tertiary alicyclic amines) is 1. The van der Waals surface area contributed by atoms with Gasteiger partial charge in [-0.3, -0.25) is 14.7 Å². The average molecular weight is 533 g/mol. The molecule has 30 heavy (non-hydrogen) atoms. The number of primary amides is 1. The van der Waals surface area contributed by atoms with E-state index >= 15 is 0 Å². The monoisotopic (exact) mass is 533 g/mol. The molecule has 1 aromatic rings. The second-order valence-electron chi connectivity index (χ2n) is 7.77. The Balaban J connectivity index is 0.00000320. The largest absolute Gasteiger partial charge is 0.379 e. The van der Waals surface area contributed by atoms with Crippen molar-refractivity contribution in [1.82, 2.24) is 15.1 Å². The molecule has 0 bridgehead atoms. The van der Waals surface area contributed by atoms with Gasteiger partial charge in [0.25, 0.3) is 0 Å². The summed E-state index contributed by atoms with van der Waals surface area (Å²) in [4.78, 5) is 20.3. The van der Waals surface area contributed by atoms with Crippen LogP contribution >= 0.6 is 24.0 Å². The third-order valence-electron chi connectivity index (χ3n) is 5.71. The first-order valence-electron chi connectivity index (χ1n) is 10.4. The fraction of sp³-hybridized carbons (Fsp3) is 0.619. The van der Waals surface area contributed by atoms with Crippen molar-refractivity contribution in [3.63, 3.8) is 0 Å². The number of halogens is 2. The average Bonchev–Trinajstić information content (AvgIpc) is 2.73. The summed E-state index contributed by atoms with van der Waals surface area (Å²) in [6.07, 6.45) is 2.45. The quantitative estimate of drug-likeness (QED) is 0.332. The summed E-state index contributed by atoms with van der Waals surface area (Å²) in [5.74, 6) is 0.627. The second-order valence-corrected chi connectivity index (χ2v) is 7.77. The number of carbonyl (C=O) groups excluding carboxylic acids is 1. The molecule has 7 nitrogen and oxygen atoms in total. The number of nitrogens with zero attached hydrogens (tertiary/aromatic N) is 3. The Morgan fingerprint density at radius 3 is 2.63 bits per heavy atom. The van der Waals surface area contributed by atoms with Crippen LogP contribution in [0.5, 0.6) is 0 Å². The van der Waals surface area contributed by atoms with E-state index in [0.29, 0.717) is 26.2 Å². The van der Waals surface area contributed by atoms with E-state index in [1.165, 1.54) is 12.1 Å². The van der Waals surface area contributed by atoms with Crippen LogP contribution in [0, 0.1) is 11.7 Å². The molecule has 3 rings (SSSR count). The molecule has 2 aliphatic heterocycles. The van der Waals surface area contributed by atoms with Crippen LogP contribution in [0.15, 0.2) is 29.3 Å². The first-order chi connectivity index (χ1) is 14.1. The molecule has 3 N–H and O–H groups in total. The van der Waals surface area contributed by atoms with Gasteiger partial charge in [0.1, 0.15) is 5.82 Å². The van der Waals surface area contributed by atoms with Gasteiger partial charge in [0.15, 0.2) is 5.96 Å². The molecule has 2 heterocycles. The highest BCUT2D eigenvalue weighted by Crippen LogP contribution is 2.23. The Hall–Kier alpha value is -1.46. The van der Waals surface area contributed by atoms with Crippen molar-refractivity contribution in [3.05, 3.63) is 35.6 Å². The van der Waals surface area contributed by atoms with Crippen molar-refractivity contribution in [2.45, 2.75) is 25.3 Å². The lowest BCUT2D eigenvalue weighted by atomic mass is 9.95. The number of ether oxygens (including phenoxy) is 1. The van der Waals surface area contributed by atoms with E-state index in [0.717, 1.165) is 50.5 Å². The summed E-state index contributed by atoms with van der Waals surface area (Å²) in [7, 11) is 1.78. The molecule has 0 aliphatic carbocycles. The Bertz CT molecular complexity index is 697. The maximum absolute atomic E-state index is 13.4. The molecule has 1 aromatic carbocycles. The first kappa shape index (κ1) is 24.8. The van der Waals surface area contributed by atoms with Crippen molar-refractivity contribution in [2.75, 3.05) is 53.0 Å². The number of morpholine rings is 1. The fourth-order valence-electron chi connectivity index (χ4n) is 4.26. The van der Waals surface area contributed by atoms with Gasteiger partial charge in [-0.1, -0.05) is 12.1 Å². The number of amides is 1. The van der Waals surface area contributed by atoms with Crippen LogP contribution in [0.1, 0.15) is 30.9 Å². The van der Waals surface area contributed by atoms with Crippen LogP contribution in [0.2, 0.25) is 0 Å². The molecule has 0 spiro atoms. The molecule has 1 amide bonds. The number of benzene rings is 1. The lowest BCUT2D eigenvalue weighted by Gasteiger charge is -2.38. The smallest absolute Gasteiger partial charge is 0.217 e. The first-order valence-corrected chi connectivity index (χ1v) is 10.4. The van der Waals surface area contributed by atoms with Crippen LogP contribution in [0.4, 0.5) is 4.39 Å². The summed E-state index contributed by atoms with van der Waals surface area (Å²) < 4.78 is 18.9. The van der Waals surface area contributed by atoms with Crippen LogP contribution in [0.25, 0.3) is 0 Å².